The van der Waals surface area contributed by atoms with Crippen LogP contribution in [0.25, 0.3) is 0 Å². The maximum atomic E-state index is 13.0. The van der Waals surface area contributed by atoms with Gasteiger partial charge in [-0.25, -0.2) is 0 Å². The number of fused-ring (bicyclic) bond motifs is 1. The number of hydrogen-bond donors (Lipinski definition) is 3. The first-order valence-corrected chi connectivity index (χ1v) is 21.8. The molecule has 3 aromatic carbocycles. The van der Waals surface area contributed by atoms with Gasteiger partial charge in [-0.2, -0.15) is 15.1 Å². The number of carbonyl (C=O) groups is 5. The predicted molar refractivity (Wildman–Crippen MR) is 237 cm³/mol. The minimum absolute atomic E-state index is 0.00513. The third-order valence-corrected chi connectivity index (χ3v) is 11.0. The van der Waals surface area contributed by atoms with Crippen molar-refractivity contribution in [1.82, 2.24) is 20.2 Å². The second-order valence-electron chi connectivity index (χ2n) is 15.8. The van der Waals surface area contributed by atoms with Crippen molar-refractivity contribution in [3.05, 3.63) is 101 Å². The van der Waals surface area contributed by atoms with Crippen molar-refractivity contribution < 1.29 is 38.2 Å². The molecule has 4 heterocycles. The lowest BCUT2D eigenvalue weighted by molar-refractivity contribution is -0.136. The van der Waals surface area contributed by atoms with Gasteiger partial charge in [0.25, 0.3) is 11.8 Å². The number of rotatable bonds is 21. The number of aromatic nitrogens is 2. The lowest BCUT2D eigenvalue weighted by Crippen LogP contribution is -2.54. The van der Waals surface area contributed by atoms with E-state index in [4.69, 9.17) is 14.2 Å². The highest BCUT2D eigenvalue weighted by molar-refractivity contribution is 6.23. The van der Waals surface area contributed by atoms with E-state index in [-0.39, 0.29) is 35.9 Å². The summed E-state index contributed by atoms with van der Waals surface area (Å²) in [6.45, 7) is 5.59. The van der Waals surface area contributed by atoms with Crippen molar-refractivity contribution >= 4 is 53.1 Å². The SMILES string of the molecule is Cc1cccc(/C=N/Nc2cc(N3CCOCC3)nc(OCCc3ccc(NC(=O)CCCCCCCCCOc4ccc5c(c4)C(=O)N(C4CCC(=O)NC4=O)C5=O)cc3)n2)c1. The molecule has 2 fully saturated rings. The van der Waals surface area contributed by atoms with Crippen LogP contribution in [0.3, 0.4) is 0 Å². The van der Waals surface area contributed by atoms with Gasteiger partial charge in [-0.3, -0.25) is 39.6 Å². The van der Waals surface area contributed by atoms with Crippen LogP contribution in [0, 0.1) is 6.92 Å². The molecule has 3 aliphatic heterocycles. The minimum Gasteiger partial charge on any atom is -0.494 e. The Morgan fingerprint density at radius 3 is 2.40 bits per heavy atom. The van der Waals surface area contributed by atoms with Crippen molar-refractivity contribution in [3.8, 4) is 11.8 Å². The zero-order valence-electron chi connectivity index (χ0n) is 35.6. The van der Waals surface area contributed by atoms with E-state index in [0.29, 0.717) is 50.8 Å². The van der Waals surface area contributed by atoms with Gasteiger partial charge in [0.2, 0.25) is 17.7 Å². The third kappa shape index (κ3) is 12.5. The Hall–Kier alpha value is -6.68. The number of hydrogen-bond acceptors (Lipinski definition) is 13. The second kappa shape index (κ2) is 21.9. The fraction of sp³-hybridized carbons (Fsp3) is 0.404. The van der Waals surface area contributed by atoms with Gasteiger partial charge in [-0.05, 0) is 67.6 Å². The van der Waals surface area contributed by atoms with Crippen LogP contribution in [-0.2, 0) is 25.5 Å². The van der Waals surface area contributed by atoms with Crippen LogP contribution < -0.4 is 30.4 Å². The predicted octanol–water partition coefficient (Wildman–Crippen LogP) is 6.23. The average Bonchev–Trinajstić information content (AvgIpc) is 3.52. The molecular formula is C47H54N8O8. The van der Waals surface area contributed by atoms with Crippen LogP contribution in [0.15, 0.2) is 77.9 Å². The fourth-order valence-electron chi connectivity index (χ4n) is 7.65. The van der Waals surface area contributed by atoms with E-state index >= 15 is 0 Å². The van der Waals surface area contributed by atoms with Crippen LogP contribution in [-0.4, -0.2) is 96.2 Å². The van der Waals surface area contributed by atoms with Crippen LogP contribution in [0.1, 0.15) is 102 Å². The summed E-state index contributed by atoms with van der Waals surface area (Å²) in [5, 5.41) is 9.59. The van der Waals surface area contributed by atoms with Crippen molar-refractivity contribution in [2.75, 3.05) is 55.2 Å². The molecule has 3 N–H and O–H groups in total. The lowest BCUT2D eigenvalue weighted by atomic mass is 10.0. The van der Waals surface area contributed by atoms with Gasteiger partial charge in [0, 0.05) is 44.1 Å². The zero-order valence-corrected chi connectivity index (χ0v) is 35.6. The van der Waals surface area contributed by atoms with Gasteiger partial charge in [0.15, 0.2) is 5.82 Å². The Kier molecular flexibility index (Phi) is 15.4. The molecule has 3 aliphatic rings. The Morgan fingerprint density at radius 2 is 1.62 bits per heavy atom. The molecule has 1 unspecified atom stereocenters. The van der Waals surface area contributed by atoms with E-state index in [2.05, 4.69) is 42.1 Å². The quantitative estimate of drug-likeness (QED) is 0.0371. The van der Waals surface area contributed by atoms with Crippen LogP contribution >= 0.6 is 0 Å². The summed E-state index contributed by atoms with van der Waals surface area (Å²) in [6, 6.07) is 21.7. The molecular weight excluding hydrogens is 805 g/mol. The summed E-state index contributed by atoms with van der Waals surface area (Å²) in [5.41, 5.74) is 7.41. The Bertz CT molecular complexity index is 2300. The number of imide groups is 2. The molecule has 330 valence electrons. The monoisotopic (exact) mass is 858 g/mol. The summed E-state index contributed by atoms with van der Waals surface area (Å²) in [4.78, 5) is 74.7. The van der Waals surface area contributed by atoms with E-state index in [1.54, 1.807) is 24.4 Å². The number of amides is 5. The maximum absolute atomic E-state index is 13.0. The second-order valence-corrected chi connectivity index (χ2v) is 15.8. The summed E-state index contributed by atoms with van der Waals surface area (Å²) in [6.07, 6.45) is 9.78. The van der Waals surface area contributed by atoms with Gasteiger partial charge >= 0.3 is 6.01 Å². The van der Waals surface area contributed by atoms with Crippen molar-refractivity contribution in [1.29, 1.82) is 0 Å². The lowest BCUT2D eigenvalue weighted by Gasteiger charge is -2.28. The van der Waals surface area contributed by atoms with Crippen molar-refractivity contribution in [2.45, 2.75) is 83.6 Å². The highest BCUT2D eigenvalue weighted by Crippen LogP contribution is 2.30. The molecule has 4 aromatic rings. The number of nitrogens with zero attached hydrogens (tertiary/aromatic N) is 5. The Balaban J connectivity index is 0.751. The largest absolute Gasteiger partial charge is 0.494 e. The Morgan fingerprint density at radius 1 is 0.857 bits per heavy atom. The molecule has 5 amide bonds. The van der Waals surface area contributed by atoms with Gasteiger partial charge in [0.05, 0.1) is 43.8 Å². The first-order valence-electron chi connectivity index (χ1n) is 21.8. The average molecular weight is 859 g/mol. The summed E-state index contributed by atoms with van der Waals surface area (Å²) in [7, 11) is 0. The summed E-state index contributed by atoms with van der Waals surface area (Å²) in [5.74, 6) is -0.376. The fourth-order valence-corrected chi connectivity index (χ4v) is 7.65. The molecule has 63 heavy (non-hydrogen) atoms. The van der Waals surface area contributed by atoms with E-state index < -0.39 is 29.7 Å². The van der Waals surface area contributed by atoms with Gasteiger partial charge in [0.1, 0.15) is 17.6 Å². The van der Waals surface area contributed by atoms with Gasteiger partial charge < -0.3 is 24.4 Å². The standard InChI is InChI=1S/C47H54N8O8/c1-32-10-9-11-34(28-32)31-48-53-40-30-41(54-22-26-61-27-23-54)51-47(50-40)63-25-21-33-13-15-35(16-14-33)49-42(56)12-7-5-3-2-4-6-8-24-62-36-17-18-37-38(29-36)46(60)55(45(37)59)39-19-20-43(57)52-44(39)58/h9-11,13-18,28-31,39H,2-8,12,19-27H2,1H3,(H,49,56)(H,50,51,53)(H,52,57,58)/b48-31+. The molecule has 1 atom stereocenters. The number of carbonyl (C=O) groups excluding carboxylic acids is 5. The van der Waals surface area contributed by atoms with Crippen LogP contribution in [0.2, 0.25) is 0 Å². The molecule has 0 spiro atoms. The summed E-state index contributed by atoms with van der Waals surface area (Å²) < 4.78 is 17.4. The first kappa shape index (κ1) is 44.4. The van der Waals surface area contributed by atoms with E-state index in [1.807, 2.05) is 55.5 Å². The Labute approximate surface area is 366 Å². The van der Waals surface area contributed by atoms with E-state index in [1.165, 1.54) is 0 Å². The van der Waals surface area contributed by atoms with Crippen molar-refractivity contribution in [3.63, 3.8) is 0 Å². The molecule has 16 nitrogen and oxygen atoms in total. The van der Waals surface area contributed by atoms with Crippen LogP contribution in [0.4, 0.5) is 17.3 Å². The number of anilines is 3. The smallest absolute Gasteiger partial charge is 0.320 e. The topological polar surface area (TPSA) is 194 Å². The maximum Gasteiger partial charge on any atom is 0.320 e. The minimum atomic E-state index is -0.997. The normalized spacial score (nSPS) is 16.3. The number of benzene rings is 3. The number of hydrazone groups is 1. The van der Waals surface area contributed by atoms with Gasteiger partial charge in [-0.15, -0.1) is 0 Å². The van der Waals surface area contributed by atoms with Gasteiger partial charge in [-0.1, -0.05) is 74.1 Å². The molecule has 7 rings (SSSR count). The number of aryl methyl sites for hydroxylation is 1. The third-order valence-electron chi connectivity index (χ3n) is 11.0. The number of piperidine rings is 1. The summed E-state index contributed by atoms with van der Waals surface area (Å²) >= 11 is 0. The molecule has 0 radical (unpaired) electrons. The van der Waals surface area contributed by atoms with Crippen LogP contribution in [0.5, 0.6) is 11.8 Å². The van der Waals surface area contributed by atoms with Crippen molar-refractivity contribution in [2.24, 2.45) is 5.10 Å². The molecule has 16 heteroatoms. The molecule has 0 bridgehead atoms. The first-order chi connectivity index (χ1) is 30.7. The molecule has 0 aliphatic carbocycles. The number of morpholine rings is 1. The number of ether oxygens (including phenoxy) is 3. The zero-order chi connectivity index (χ0) is 44.0. The molecule has 1 aromatic heterocycles. The highest BCUT2D eigenvalue weighted by Gasteiger charge is 2.44. The molecule has 0 saturated carbocycles. The number of unbranched alkanes of at least 4 members (excludes halogenated alkanes) is 6. The van der Waals surface area contributed by atoms with E-state index in [0.717, 1.165) is 91.1 Å². The van der Waals surface area contributed by atoms with E-state index in [9.17, 15) is 24.0 Å². The molecule has 2 saturated heterocycles. The highest BCUT2D eigenvalue weighted by atomic mass is 16.5. The number of nitrogens with one attached hydrogen (secondary N) is 3.